The van der Waals surface area contributed by atoms with Crippen molar-refractivity contribution in [2.75, 3.05) is 0 Å². The minimum absolute atomic E-state index is 0.0312. The molecule has 2 aromatic rings. The molecular weight excluding hydrogens is 204 g/mol. The minimum Gasteiger partial charge on any atom is -0.288 e. The summed E-state index contributed by atoms with van der Waals surface area (Å²) in [5, 5.41) is 6.83. The molecule has 0 aliphatic heterocycles. The fourth-order valence-electron chi connectivity index (χ4n) is 1.31. The van der Waals surface area contributed by atoms with Gasteiger partial charge < -0.3 is 0 Å². The second kappa shape index (κ2) is 4.44. The molecule has 0 unspecified atom stereocenters. The second-order valence-corrected chi connectivity index (χ2v) is 3.14. The Labute approximate surface area is 91.6 Å². The number of rotatable bonds is 2. The molecule has 0 aliphatic rings. The molecule has 0 atom stereocenters. The molecule has 0 bridgehead atoms. The van der Waals surface area contributed by atoms with E-state index in [1.165, 1.54) is 18.3 Å². The van der Waals surface area contributed by atoms with Crippen LogP contribution in [-0.2, 0) is 0 Å². The third-order valence-electron chi connectivity index (χ3n) is 2.08. The summed E-state index contributed by atoms with van der Waals surface area (Å²) >= 11 is 0. The maximum absolute atomic E-state index is 11.9. The minimum atomic E-state index is -0.612. The van der Waals surface area contributed by atoms with Crippen LogP contribution in [0.1, 0.15) is 15.9 Å². The van der Waals surface area contributed by atoms with Crippen molar-refractivity contribution in [1.82, 2.24) is 10.2 Å². The lowest BCUT2D eigenvalue weighted by Crippen LogP contribution is -2.16. The highest BCUT2D eigenvalue weighted by molar-refractivity contribution is 6.08. The molecular formula is C12H8N2O2. The van der Waals surface area contributed by atoms with Crippen LogP contribution in [0.3, 0.4) is 0 Å². The molecule has 4 heteroatoms. The topological polar surface area (TPSA) is 59.9 Å². The Bertz CT molecular complexity index is 567. The summed E-state index contributed by atoms with van der Waals surface area (Å²) in [5.41, 5.74) is -0.116. The SMILES string of the molecule is O=C(c1ccccc1)c1cccnnc1=O. The summed E-state index contributed by atoms with van der Waals surface area (Å²) in [5.74, 6) is -0.337. The van der Waals surface area contributed by atoms with Gasteiger partial charge in [0.2, 0.25) is 0 Å². The molecule has 0 N–H and O–H groups in total. The molecule has 1 heterocycles. The van der Waals surface area contributed by atoms with Crippen molar-refractivity contribution in [3.8, 4) is 0 Å². The fraction of sp³-hybridized carbons (Fsp3) is 0. The van der Waals surface area contributed by atoms with E-state index in [9.17, 15) is 9.59 Å². The Hall–Kier alpha value is -2.36. The number of benzene rings is 1. The van der Waals surface area contributed by atoms with Gasteiger partial charge in [0, 0.05) is 11.8 Å². The molecule has 78 valence electrons. The van der Waals surface area contributed by atoms with Gasteiger partial charge in [-0.3, -0.25) is 9.59 Å². The number of hydrogen-bond acceptors (Lipinski definition) is 4. The molecule has 2 rings (SSSR count). The van der Waals surface area contributed by atoms with Crippen molar-refractivity contribution in [2.45, 2.75) is 0 Å². The quantitative estimate of drug-likeness (QED) is 0.698. The highest BCUT2D eigenvalue weighted by Gasteiger charge is 2.11. The van der Waals surface area contributed by atoms with Crippen LogP contribution in [0.25, 0.3) is 0 Å². The normalized spacial score (nSPS) is 9.75. The zero-order valence-electron chi connectivity index (χ0n) is 8.33. The van der Waals surface area contributed by atoms with Crippen LogP contribution < -0.4 is 5.56 Å². The Morgan fingerprint density at radius 1 is 1.00 bits per heavy atom. The number of hydrogen-bond donors (Lipinski definition) is 0. The van der Waals surface area contributed by atoms with Gasteiger partial charge in [-0.1, -0.05) is 30.3 Å². The summed E-state index contributed by atoms with van der Waals surface area (Å²) in [4.78, 5) is 23.4. The van der Waals surface area contributed by atoms with Gasteiger partial charge in [0.25, 0.3) is 5.56 Å². The van der Waals surface area contributed by atoms with E-state index in [-0.39, 0.29) is 11.3 Å². The molecule has 1 aromatic heterocycles. The number of ketones is 1. The van der Waals surface area contributed by atoms with Crippen molar-refractivity contribution < 1.29 is 4.79 Å². The molecule has 16 heavy (non-hydrogen) atoms. The number of aromatic nitrogens is 2. The average molecular weight is 212 g/mol. The zero-order valence-corrected chi connectivity index (χ0v) is 8.33. The molecule has 0 fully saturated rings. The number of carbonyl (C=O) groups excluding carboxylic acids is 1. The van der Waals surface area contributed by atoms with Gasteiger partial charge in [-0.25, -0.2) is 0 Å². The third-order valence-corrected chi connectivity index (χ3v) is 2.08. The molecule has 1 aromatic carbocycles. The predicted octanol–water partition coefficient (Wildman–Crippen LogP) is 1.07. The Balaban J connectivity index is 2.52. The van der Waals surface area contributed by atoms with E-state index in [1.54, 1.807) is 30.3 Å². The first kappa shape index (κ1) is 10.2. The Morgan fingerprint density at radius 2 is 1.75 bits per heavy atom. The molecule has 0 spiro atoms. The van der Waals surface area contributed by atoms with Gasteiger partial charge in [-0.05, 0) is 12.1 Å². The lowest BCUT2D eigenvalue weighted by atomic mass is 10.1. The van der Waals surface area contributed by atoms with Crippen LogP contribution in [-0.4, -0.2) is 16.0 Å². The molecule has 0 aliphatic carbocycles. The Kier molecular flexibility index (Phi) is 2.82. The van der Waals surface area contributed by atoms with Gasteiger partial charge in [0.1, 0.15) is 0 Å². The zero-order chi connectivity index (χ0) is 11.4. The van der Waals surface area contributed by atoms with Gasteiger partial charge in [-0.2, -0.15) is 5.10 Å². The van der Waals surface area contributed by atoms with Gasteiger partial charge in [0.15, 0.2) is 5.78 Å². The predicted molar refractivity (Wildman–Crippen MR) is 58.2 cm³/mol. The van der Waals surface area contributed by atoms with E-state index in [2.05, 4.69) is 10.2 Å². The van der Waals surface area contributed by atoms with Crippen LogP contribution in [0, 0.1) is 0 Å². The number of nitrogens with zero attached hydrogens (tertiary/aromatic N) is 2. The maximum atomic E-state index is 11.9. The van der Waals surface area contributed by atoms with E-state index < -0.39 is 5.56 Å². The first-order valence-electron chi connectivity index (χ1n) is 4.71. The fourth-order valence-corrected chi connectivity index (χ4v) is 1.31. The third kappa shape index (κ3) is 2.00. The smallest absolute Gasteiger partial charge is 0.288 e. The number of carbonyl (C=O) groups is 1. The lowest BCUT2D eigenvalue weighted by Gasteiger charge is -1.96. The van der Waals surface area contributed by atoms with E-state index in [1.807, 2.05) is 0 Å². The van der Waals surface area contributed by atoms with Gasteiger partial charge in [0.05, 0.1) is 5.56 Å². The van der Waals surface area contributed by atoms with Crippen LogP contribution in [0.5, 0.6) is 0 Å². The van der Waals surface area contributed by atoms with Crippen molar-refractivity contribution in [3.63, 3.8) is 0 Å². The monoisotopic (exact) mass is 212 g/mol. The summed E-state index contributed by atoms with van der Waals surface area (Å²) in [6, 6.07) is 11.5. The largest absolute Gasteiger partial charge is 0.299 e. The van der Waals surface area contributed by atoms with E-state index in [0.717, 1.165) is 0 Å². The highest BCUT2D eigenvalue weighted by Crippen LogP contribution is 2.04. The summed E-state index contributed by atoms with van der Waals surface area (Å²) in [6.45, 7) is 0. The molecule has 0 amide bonds. The first-order valence-corrected chi connectivity index (χ1v) is 4.71. The summed E-state index contributed by atoms with van der Waals surface area (Å²) < 4.78 is 0. The maximum Gasteiger partial charge on any atom is 0.299 e. The van der Waals surface area contributed by atoms with E-state index in [0.29, 0.717) is 5.56 Å². The van der Waals surface area contributed by atoms with Gasteiger partial charge >= 0.3 is 0 Å². The Morgan fingerprint density at radius 3 is 2.50 bits per heavy atom. The van der Waals surface area contributed by atoms with Crippen LogP contribution in [0.15, 0.2) is 53.5 Å². The second-order valence-electron chi connectivity index (χ2n) is 3.14. The van der Waals surface area contributed by atoms with Crippen LogP contribution in [0.2, 0.25) is 0 Å². The van der Waals surface area contributed by atoms with Crippen molar-refractivity contribution in [3.05, 3.63) is 70.1 Å². The molecule has 4 nitrogen and oxygen atoms in total. The van der Waals surface area contributed by atoms with Crippen LogP contribution in [0.4, 0.5) is 0 Å². The highest BCUT2D eigenvalue weighted by atomic mass is 16.1. The average Bonchev–Trinajstić information content (AvgIpc) is 2.54. The molecule has 0 saturated heterocycles. The molecule has 0 saturated carbocycles. The van der Waals surface area contributed by atoms with Crippen LogP contribution >= 0.6 is 0 Å². The van der Waals surface area contributed by atoms with Gasteiger partial charge in [-0.15, -0.1) is 5.10 Å². The standard InChI is InChI=1S/C12H8N2O2/c15-11(9-5-2-1-3-6-9)10-7-4-8-13-14-12(10)16/h1-8H. The van der Waals surface area contributed by atoms with Crippen molar-refractivity contribution in [1.29, 1.82) is 0 Å². The van der Waals surface area contributed by atoms with E-state index >= 15 is 0 Å². The van der Waals surface area contributed by atoms with Crippen molar-refractivity contribution >= 4 is 5.78 Å². The van der Waals surface area contributed by atoms with E-state index in [4.69, 9.17) is 0 Å². The summed E-state index contributed by atoms with van der Waals surface area (Å²) in [6.07, 6.45) is 1.36. The van der Waals surface area contributed by atoms with Crippen molar-refractivity contribution in [2.24, 2.45) is 0 Å². The first-order chi connectivity index (χ1) is 7.79. The lowest BCUT2D eigenvalue weighted by molar-refractivity contribution is 0.103. The molecule has 0 radical (unpaired) electrons. The summed E-state index contributed by atoms with van der Waals surface area (Å²) in [7, 11) is 0.